The van der Waals surface area contributed by atoms with Crippen LogP contribution in [0.15, 0.2) is 49.0 Å². The zero-order valence-electron chi connectivity index (χ0n) is 11.5. The lowest BCUT2D eigenvalue weighted by molar-refractivity contribution is -0.138. The van der Waals surface area contributed by atoms with Crippen molar-refractivity contribution in [3.05, 3.63) is 71.3 Å². The van der Waals surface area contributed by atoms with Crippen molar-refractivity contribution in [3.63, 3.8) is 0 Å². The highest BCUT2D eigenvalue weighted by molar-refractivity contribution is 5.84. The number of halogens is 3. The second-order valence-corrected chi connectivity index (χ2v) is 5.20. The molecule has 0 saturated heterocycles. The number of para-hydroxylation sites is 1. The minimum Gasteiger partial charge on any atom is -0.337 e. The molecule has 3 rings (SSSR count). The highest BCUT2D eigenvalue weighted by Gasteiger charge is 2.38. The molecule has 0 radical (unpaired) electrons. The van der Waals surface area contributed by atoms with Crippen LogP contribution in [0.1, 0.15) is 22.3 Å². The smallest absolute Gasteiger partial charge is 0.337 e. The van der Waals surface area contributed by atoms with E-state index >= 15 is 0 Å². The molecule has 0 saturated carbocycles. The third kappa shape index (κ3) is 2.31. The number of nitrogens with zero attached hydrogens (tertiary/aromatic N) is 1. The Kier molecular flexibility index (Phi) is 3.04. The molecule has 1 aliphatic rings. The second kappa shape index (κ2) is 4.65. The Morgan fingerprint density at radius 1 is 1.10 bits per heavy atom. The van der Waals surface area contributed by atoms with Crippen LogP contribution < -0.4 is 4.90 Å². The van der Waals surface area contributed by atoms with Crippen LogP contribution in [0.2, 0.25) is 0 Å². The van der Waals surface area contributed by atoms with Gasteiger partial charge in [-0.25, -0.2) is 0 Å². The molecule has 0 fully saturated rings. The first kappa shape index (κ1) is 13.7. The fraction of sp³-hybridized carbons (Fsp3) is 0.176. The van der Waals surface area contributed by atoms with Gasteiger partial charge in [0, 0.05) is 23.5 Å². The summed E-state index contributed by atoms with van der Waals surface area (Å²) >= 11 is 0. The van der Waals surface area contributed by atoms with Crippen LogP contribution in [0, 0.1) is 6.92 Å². The van der Waals surface area contributed by atoms with Crippen LogP contribution in [-0.2, 0) is 12.7 Å². The van der Waals surface area contributed by atoms with Gasteiger partial charge in [0.05, 0.1) is 5.56 Å². The van der Waals surface area contributed by atoms with Crippen molar-refractivity contribution < 1.29 is 13.2 Å². The van der Waals surface area contributed by atoms with E-state index in [1.165, 1.54) is 6.07 Å². The maximum Gasteiger partial charge on any atom is 0.416 e. The number of anilines is 1. The minimum atomic E-state index is -4.34. The zero-order valence-corrected chi connectivity index (χ0v) is 11.5. The number of fused-ring (bicyclic) bond motifs is 1. The first-order valence-electron chi connectivity index (χ1n) is 6.60. The Morgan fingerprint density at radius 2 is 1.76 bits per heavy atom. The van der Waals surface area contributed by atoms with Crippen LogP contribution in [0.5, 0.6) is 0 Å². The first-order valence-corrected chi connectivity index (χ1v) is 6.60. The van der Waals surface area contributed by atoms with Crippen LogP contribution in [0.25, 0.3) is 5.70 Å². The number of hydrogen-bond donors (Lipinski definition) is 0. The molecular formula is C17H14F3N. The van der Waals surface area contributed by atoms with Crippen molar-refractivity contribution in [1.82, 2.24) is 0 Å². The molecule has 0 atom stereocenters. The molecule has 4 heteroatoms. The maximum absolute atomic E-state index is 13.2. The number of benzene rings is 2. The Labute approximate surface area is 121 Å². The third-order valence-corrected chi connectivity index (χ3v) is 3.72. The molecule has 1 nitrogen and oxygen atoms in total. The highest BCUT2D eigenvalue weighted by Crippen LogP contribution is 2.42. The number of rotatable bonds is 1. The molecule has 0 spiro atoms. The SMILES string of the molecule is C=C1c2cc(C)cc(C(F)(F)F)c2CN1c1ccccc1. The predicted molar refractivity (Wildman–Crippen MR) is 77.8 cm³/mol. The summed E-state index contributed by atoms with van der Waals surface area (Å²) in [6.45, 7) is 5.85. The highest BCUT2D eigenvalue weighted by atomic mass is 19.4. The van der Waals surface area contributed by atoms with Gasteiger partial charge < -0.3 is 4.90 Å². The van der Waals surface area contributed by atoms with E-state index in [0.717, 1.165) is 5.69 Å². The van der Waals surface area contributed by atoms with E-state index in [2.05, 4.69) is 6.58 Å². The van der Waals surface area contributed by atoms with Gasteiger partial charge in [-0.15, -0.1) is 0 Å². The van der Waals surface area contributed by atoms with Crippen molar-refractivity contribution >= 4 is 11.4 Å². The molecule has 0 unspecified atom stereocenters. The van der Waals surface area contributed by atoms with E-state index < -0.39 is 11.7 Å². The summed E-state index contributed by atoms with van der Waals surface area (Å²) in [4.78, 5) is 1.82. The van der Waals surface area contributed by atoms with Crippen molar-refractivity contribution in [2.75, 3.05) is 4.90 Å². The Morgan fingerprint density at radius 3 is 2.38 bits per heavy atom. The average molecular weight is 289 g/mol. The summed E-state index contributed by atoms with van der Waals surface area (Å²) < 4.78 is 39.7. The fourth-order valence-corrected chi connectivity index (χ4v) is 2.75. The third-order valence-electron chi connectivity index (χ3n) is 3.72. The van der Waals surface area contributed by atoms with Gasteiger partial charge in [0.25, 0.3) is 0 Å². The van der Waals surface area contributed by atoms with Gasteiger partial charge in [-0.2, -0.15) is 13.2 Å². The quantitative estimate of drug-likeness (QED) is 0.713. The van der Waals surface area contributed by atoms with Crippen LogP contribution >= 0.6 is 0 Å². The summed E-state index contributed by atoms with van der Waals surface area (Å²) in [7, 11) is 0. The first-order chi connectivity index (χ1) is 9.88. The minimum absolute atomic E-state index is 0.202. The standard InChI is InChI=1S/C17H14F3N/c1-11-8-14-12(2)21(13-6-4-3-5-7-13)10-15(14)16(9-11)17(18,19)20/h3-9H,2,10H2,1H3. The van der Waals surface area contributed by atoms with E-state index in [-0.39, 0.29) is 6.54 Å². The zero-order chi connectivity index (χ0) is 15.2. The van der Waals surface area contributed by atoms with Crippen molar-refractivity contribution in [3.8, 4) is 0 Å². The van der Waals surface area contributed by atoms with Crippen molar-refractivity contribution in [2.24, 2.45) is 0 Å². The van der Waals surface area contributed by atoms with Crippen LogP contribution in [0.3, 0.4) is 0 Å². The van der Waals surface area contributed by atoms with Gasteiger partial charge in [-0.1, -0.05) is 24.8 Å². The summed E-state index contributed by atoms with van der Waals surface area (Å²) in [5.41, 5.74) is 2.40. The fourth-order valence-electron chi connectivity index (χ4n) is 2.75. The Hall–Kier alpha value is -2.23. The molecule has 1 aliphatic heterocycles. The molecule has 0 N–H and O–H groups in total. The van der Waals surface area contributed by atoms with Gasteiger partial charge >= 0.3 is 6.18 Å². The lowest BCUT2D eigenvalue weighted by Crippen LogP contribution is -2.14. The molecule has 108 valence electrons. The molecule has 2 aromatic carbocycles. The molecule has 2 aromatic rings. The van der Waals surface area contributed by atoms with Crippen LogP contribution in [0.4, 0.5) is 18.9 Å². The lowest BCUT2D eigenvalue weighted by atomic mass is 9.99. The molecule has 0 bridgehead atoms. The van der Waals surface area contributed by atoms with Gasteiger partial charge in [0.2, 0.25) is 0 Å². The number of hydrogen-bond acceptors (Lipinski definition) is 1. The molecule has 0 amide bonds. The monoisotopic (exact) mass is 289 g/mol. The Balaban J connectivity index is 2.12. The molecule has 1 heterocycles. The molecule has 0 aromatic heterocycles. The van der Waals surface area contributed by atoms with E-state index in [0.29, 0.717) is 22.4 Å². The van der Waals surface area contributed by atoms with E-state index in [1.807, 2.05) is 35.2 Å². The van der Waals surface area contributed by atoms with Crippen molar-refractivity contribution in [1.29, 1.82) is 0 Å². The van der Waals surface area contributed by atoms with E-state index in [9.17, 15) is 13.2 Å². The Bertz CT molecular complexity index is 702. The van der Waals surface area contributed by atoms with Gasteiger partial charge in [-0.3, -0.25) is 0 Å². The van der Waals surface area contributed by atoms with Crippen LogP contribution in [-0.4, -0.2) is 0 Å². The van der Waals surface area contributed by atoms with E-state index in [1.54, 1.807) is 13.0 Å². The molecule has 21 heavy (non-hydrogen) atoms. The van der Waals surface area contributed by atoms with Gasteiger partial charge in [0.1, 0.15) is 0 Å². The van der Waals surface area contributed by atoms with Gasteiger partial charge in [-0.05, 0) is 42.3 Å². The predicted octanol–water partition coefficient (Wildman–Crippen LogP) is 5.00. The van der Waals surface area contributed by atoms with Gasteiger partial charge in [0.15, 0.2) is 0 Å². The summed E-state index contributed by atoms with van der Waals surface area (Å²) in [5.74, 6) is 0. The number of alkyl halides is 3. The van der Waals surface area contributed by atoms with Crippen molar-refractivity contribution in [2.45, 2.75) is 19.6 Å². The lowest BCUT2D eigenvalue weighted by Gasteiger charge is -2.19. The topological polar surface area (TPSA) is 3.24 Å². The maximum atomic E-state index is 13.2. The molecular weight excluding hydrogens is 275 g/mol. The average Bonchev–Trinajstić information content (AvgIpc) is 2.75. The van der Waals surface area contributed by atoms with E-state index in [4.69, 9.17) is 0 Å². The number of aryl methyl sites for hydroxylation is 1. The summed E-state index contributed by atoms with van der Waals surface area (Å²) in [6, 6.07) is 12.3. The molecule has 0 aliphatic carbocycles. The summed E-state index contributed by atoms with van der Waals surface area (Å²) in [5, 5.41) is 0. The largest absolute Gasteiger partial charge is 0.416 e. The normalized spacial score (nSPS) is 14.5. The second-order valence-electron chi connectivity index (χ2n) is 5.20. The summed E-state index contributed by atoms with van der Waals surface area (Å²) in [6.07, 6.45) is -4.34.